The molecule has 0 saturated carbocycles. The van der Waals surface area contributed by atoms with Gasteiger partial charge in [-0.05, 0) is 11.2 Å². The second-order valence-electron chi connectivity index (χ2n) is 1.62. The predicted molar refractivity (Wildman–Crippen MR) is 39.1 cm³/mol. The Hall–Kier alpha value is -1.16. The number of hydrogen-bond acceptors (Lipinski definition) is 4. The molecule has 0 aliphatic heterocycles. The van der Waals surface area contributed by atoms with Crippen LogP contribution in [0, 0.1) is 4.91 Å². The highest BCUT2D eigenvalue weighted by molar-refractivity contribution is 6.33. The summed E-state index contributed by atoms with van der Waals surface area (Å²) in [7, 11) is 0. The summed E-state index contributed by atoms with van der Waals surface area (Å²) < 4.78 is 0. The summed E-state index contributed by atoms with van der Waals surface area (Å²) in [6.45, 7) is 0. The first kappa shape index (κ1) is 6.95. The molecule has 0 aromatic carbocycles. The number of hydrogen-bond donors (Lipinski definition) is 1. The molecule has 0 unspecified atom stereocenters. The summed E-state index contributed by atoms with van der Waals surface area (Å²) in [6.07, 6.45) is 1.41. The molecule has 0 aliphatic rings. The van der Waals surface area contributed by atoms with Gasteiger partial charge in [0.05, 0.1) is 5.02 Å². The van der Waals surface area contributed by atoms with Gasteiger partial charge in [0.15, 0.2) is 11.5 Å². The summed E-state index contributed by atoms with van der Waals surface area (Å²) in [6, 6.07) is 1.45. The van der Waals surface area contributed by atoms with Crippen LogP contribution in [0.1, 0.15) is 0 Å². The zero-order chi connectivity index (χ0) is 7.56. The number of nitrogens with zero attached hydrogens (tertiary/aromatic N) is 2. The smallest absolute Gasteiger partial charge is 0.168 e. The van der Waals surface area contributed by atoms with Gasteiger partial charge in [0.1, 0.15) is 0 Å². The third-order valence-electron chi connectivity index (χ3n) is 0.995. The van der Waals surface area contributed by atoms with Crippen LogP contribution in [0.3, 0.4) is 0 Å². The Labute approximate surface area is 62.0 Å². The summed E-state index contributed by atoms with van der Waals surface area (Å²) in [5, 5.41) is 2.82. The molecule has 52 valence electrons. The lowest BCUT2D eigenvalue weighted by Gasteiger charge is -1.95. The van der Waals surface area contributed by atoms with Crippen LogP contribution in [-0.2, 0) is 0 Å². The average Bonchev–Trinajstić information content (AvgIpc) is 1.88. The zero-order valence-corrected chi connectivity index (χ0v) is 5.67. The zero-order valence-electron chi connectivity index (χ0n) is 4.91. The number of halogens is 1. The summed E-state index contributed by atoms with van der Waals surface area (Å²) >= 11 is 5.52. The van der Waals surface area contributed by atoms with Gasteiger partial charge in [-0.15, -0.1) is 4.91 Å². The van der Waals surface area contributed by atoms with E-state index >= 15 is 0 Å². The fourth-order valence-corrected chi connectivity index (χ4v) is 0.723. The topological polar surface area (TPSA) is 68.3 Å². The van der Waals surface area contributed by atoms with Crippen molar-refractivity contribution in [2.24, 2.45) is 5.18 Å². The maximum atomic E-state index is 9.99. The lowest BCUT2D eigenvalue weighted by atomic mass is 10.4. The first-order valence-corrected chi connectivity index (χ1v) is 2.87. The van der Waals surface area contributed by atoms with E-state index in [9.17, 15) is 4.91 Å². The molecule has 10 heavy (non-hydrogen) atoms. The number of pyridine rings is 1. The highest BCUT2D eigenvalue weighted by atomic mass is 35.5. The Bertz CT molecular complexity index is 243. The van der Waals surface area contributed by atoms with Crippen LogP contribution in [0.4, 0.5) is 11.5 Å². The maximum absolute atomic E-state index is 9.99. The Balaban J connectivity index is 3.30. The van der Waals surface area contributed by atoms with E-state index < -0.39 is 0 Å². The van der Waals surface area contributed by atoms with Crippen molar-refractivity contribution in [1.29, 1.82) is 0 Å². The number of rotatable bonds is 1. The van der Waals surface area contributed by atoms with E-state index in [1.165, 1.54) is 12.3 Å². The van der Waals surface area contributed by atoms with Gasteiger partial charge < -0.3 is 5.73 Å². The van der Waals surface area contributed by atoms with Crippen molar-refractivity contribution < 1.29 is 0 Å². The highest BCUT2D eigenvalue weighted by Gasteiger charge is 2.03. The summed E-state index contributed by atoms with van der Waals surface area (Å²) in [5.41, 5.74) is 5.25. The molecule has 5 heteroatoms. The quantitative estimate of drug-likeness (QED) is 0.631. The van der Waals surface area contributed by atoms with Crippen molar-refractivity contribution in [3.63, 3.8) is 0 Å². The van der Waals surface area contributed by atoms with Crippen molar-refractivity contribution in [3.05, 3.63) is 22.2 Å². The molecular formula is C5H4ClN3O. The van der Waals surface area contributed by atoms with Crippen LogP contribution in [0.15, 0.2) is 17.4 Å². The van der Waals surface area contributed by atoms with Crippen molar-refractivity contribution in [1.82, 2.24) is 4.98 Å². The fraction of sp³-hybridized carbons (Fsp3) is 0. The minimum Gasteiger partial charge on any atom is -0.382 e. The fourth-order valence-electron chi connectivity index (χ4n) is 0.536. The molecular weight excluding hydrogens is 154 g/mol. The van der Waals surface area contributed by atoms with Gasteiger partial charge in [-0.3, -0.25) is 0 Å². The molecule has 1 aromatic rings. The molecule has 0 atom stereocenters. The third-order valence-corrected chi connectivity index (χ3v) is 1.30. The normalized spacial score (nSPS) is 9.30. The van der Waals surface area contributed by atoms with Crippen LogP contribution < -0.4 is 5.73 Å². The number of nitrogen functional groups attached to an aromatic ring is 1. The first-order valence-electron chi connectivity index (χ1n) is 2.49. The monoisotopic (exact) mass is 157 g/mol. The predicted octanol–water partition coefficient (Wildman–Crippen LogP) is 1.72. The van der Waals surface area contributed by atoms with Crippen molar-refractivity contribution >= 4 is 23.1 Å². The first-order chi connectivity index (χ1) is 4.75. The number of anilines is 1. The number of nitrogens with two attached hydrogens (primary N) is 1. The Kier molecular flexibility index (Phi) is 1.82. The molecule has 0 radical (unpaired) electrons. The van der Waals surface area contributed by atoms with Gasteiger partial charge in [0.25, 0.3) is 0 Å². The number of aromatic nitrogens is 1. The van der Waals surface area contributed by atoms with Gasteiger partial charge >= 0.3 is 0 Å². The summed E-state index contributed by atoms with van der Waals surface area (Å²) in [4.78, 5) is 13.6. The lowest BCUT2D eigenvalue weighted by molar-refractivity contribution is 1.31. The number of nitroso groups, excluding NO2 is 1. The molecule has 0 amide bonds. The van der Waals surface area contributed by atoms with Gasteiger partial charge in [-0.1, -0.05) is 11.6 Å². The van der Waals surface area contributed by atoms with Crippen LogP contribution in [0.5, 0.6) is 0 Å². The largest absolute Gasteiger partial charge is 0.382 e. The lowest BCUT2D eigenvalue weighted by Crippen LogP contribution is -1.88. The Morgan fingerprint density at radius 3 is 2.80 bits per heavy atom. The van der Waals surface area contributed by atoms with E-state index in [1.54, 1.807) is 0 Å². The standard InChI is InChI=1S/C5H4ClN3O/c6-3-1-2-8-5(7)4(3)9-10/h1-2H,(H2,7,8). The van der Waals surface area contributed by atoms with Gasteiger partial charge in [-0.2, -0.15) is 0 Å². The minimum absolute atomic E-state index is 0.00386. The van der Waals surface area contributed by atoms with Gasteiger partial charge in [-0.25, -0.2) is 4.98 Å². The second kappa shape index (κ2) is 2.62. The van der Waals surface area contributed by atoms with E-state index in [2.05, 4.69) is 10.2 Å². The molecule has 1 aromatic heterocycles. The van der Waals surface area contributed by atoms with Crippen LogP contribution in [0.25, 0.3) is 0 Å². The Morgan fingerprint density at radius 1 is 1.70 bits per heavy atom. The van der Waals surface area contributed by atoms with Crippen molar-refractivity contribution in [2.75, 3.05) is 5.73 Å². The average molecular weight is 158 g/mol. The van der Waals surface area contributed by atoms with E-state index in [1.807, 2.05) is 0 Å². The van der Waals surface area contributed by atoms with Crippen LogP contribution in [-0.4, -0.2) is 4.98 Å². The maximum Gasteiger partial charge on any atom is 0.168 e. The van der Waals surface area contributed by atoms with E-state index in [0.29, 0.717) is 0 Å². The van der Waals surface area contributed by atoms with Gasteiger partial charge in [0.2, 0.25) is 0 Å². The molecule has 2 N–H and O–H groups in total. The minimum atomic E-state index is 0.00386. The van der Waals surface area contributed by atoms with Crippen molar-refractivity contribution in [2.45, 2.75) is 0 Å². The second-order valence-corrected chi connectivity index (χ2v) is 2.03. The van der Waals surface area contributed by atoms with Gasteiger partial charge in [0, 0.05) is 6.20 Å². The third kappa shape index (κ3) is 1.06. The SMILES string of the molecule is Nc1nccc(Cl)c1N=O. The highest BCUT2D eigenvalue weighted by Crippen LogP contribution is 2.28. The van der Waals surface area contributed by atoms with E-state index in [-0.39, 0.29) is 16.5 Å². The molecule has 1 heterocycles. The molecule has 0 saturated heterocycles. The van der Waals surface area contributed by atoms with E-state index in [0.717, 1.165) is 0 Å². The molecule has 0 fully saturated rings. The van der Waals surface area contributed by atoms with Crippen LogP contribution >= 0.6 is 11.6 Å². The van der Waals surface area contributed by atoms with E-state index in [4.69, 9.17) is 17.3 Å². The molecule has 1 rings (SSSR count). The molecule has 0 aliphatic carbocycles. The summed E-state index contributed by atoms with van der Waals surface area (Å²) in [5.74, 6) is 0.0579. The Morgan fingerprint density at radius 2 is 2.40 bits per heavy atom. The van der Waals surface area contributed by atoms with Crippen LogP contribution in [0.2, 0.25) is 5.02 Å². The molecule has 0 spiro atoms. The molecule has 4 nitrogen and oxygen atoms in total. The molecule has 0 bridgehead atoms. The van der Waals surface area contributed by atoms with Crippen molar-refractivity contribution in [3.8, 4) is 0 Å².